The molecule has 1 heterocycles. The molecule has 0 aliphatic heterocycles. The summed E-state index contributed by atoms with van der Waals surface area (Å²) in [5, 5.41) is 11.4. The standard InChI is InChI=1S/C19H26BrN5.HI/c1-13-11-14(2)25(24-13)10-4-9-22-19(21-3)23-18-12-17(18)15-5-7-16(20)8-6-15;/h5-8,11,17-18H,4,9-10,12H2,1-3H3,(H2,21,22,23);1H. The Morgan fingerprint density at radius 1 is 1.31 bits per heavy atom. The molecule has 0 radical (unpaired) electrons. The molecule has 142 valence electrons. The first-order valence-corrected chi connectivity index (χ1v) is 9.60. The number of aliphatic imine (C=N–C) groups is 1. The van der Waals surface area contributed by atoms with Crippen LogP contribution >= 0.6 is 39.9 Å². The fourth-order valence-electron chi connectivity index (χ4n) is 3.14. The van der Waals surface area contributed by atoms with Gasteiger partial charge >= 0.3 is 0 Å². The highest BCUT2D eigenvalue weighted by atomic mass is 127. The molecule has 0 spiro atoms. The highest BCUT2D eigenvalue weighted by Gasteiger charge is 2.38. The third kappa shape index (κ3) is 5.70. The predicted molar refractivity (Wildman–Crippen MR) is 122 cm³/mol. The Bertz CT molecular complexity index is 741. The van der Waals surface area contributed by atoms with E-state index in [0.29, 0.717) is 12.0 Å². The van der Waals surface area contributed by atoms with Crippen LogP contribution in [0.2, 0.25) is 0 Å². The normalized spacial score (nSPS) is 19.0. The van der Waals surface area contributed by atoms with Crippen LogP contribution in [0.3, 0.4) is 0 Å². The average Bonchev–Trinajstić information content (AvgIpc) is 3.28. The Morgan fingerprint density at radius 2 is 2.04 bits per heavy atom. The van der Waals surface area contributed by atoms with Crippen LogP contribution in [0.15, 0.2) is 39.8 Å². The summed E-state index contributed by atoms with van der Waals surface area (Å²) in [6.45, 7) is 5.94. The van der Waals surface area contributed by atoms with Crippen molar-refractivity contribution in [3.63, 3.8) is 0 Å². The molecule has 2 N–H and O–H groups in total. The largest absolute Gasteiger partial charge is 0.356 e. The molecule has 2 atom stereocenters. The summed E-state index contributed by atoms with van der Waals surface area (Å²) in [5.74, 6) is 1.47. The maximum absolute atomic E-state index is 4.49. The molecule has 5 nitrogen and oxygen atoms in total. The van der Waals surface area contributed by atoms with Crippen molar-refractivity contribution in [3.05, 3.63) is 51.8 Å². The lowest BCUT2D eigenvalue weighted by molar-refractivity contribution is 0.555. The number of guanidine groups is 1. The molecular weight excluding hydrogens is 505 g/mol. The molecule has 7 heteroatoms. The van der Waals surface area contributed by atoms with Gasteiger partial charge in [-0.2, -0.15) is 5.10 Å². The van der Waals surface area contributed by atoms with E-state index in [0.717, 1.165) is 42.1 Å². The zero-order valence-corrected chi connectivity index (χ0v) is 19.4. The average molecular weight is 532 g/mol. The van der Waals surface area contributed by atoms with Crippen molar-refractivity contribution >= 4 is 45.9 Å². The topological polar surface area (TPSA) is 54.2 Å². The third-order valence-electron chi connectivity index (χ3n) is 4.58. The fourth-order valence-corrected chi connectivity index (χ4v) is 3.40. The number of hydrogen-bond acceptors (Lipinski definition) is 2. The highest BCUT2D eigenvalue weighted by molar-refractivity contribution is 14.0. The van der Waals surface area contributed by atoms with Crippen molar-refractivity contribution in [2.24, 2.45) is 4.99 Å². The lowest BCUT2D eigenvalue weighted by Gasteiger charge is -2.12. The molecule has 1 aliphatic rings. The van der Waals surface area contributed by atoms with Crippen molar-refractivity contribution in [1.29, 1.82) is 0 Å². The Balaban J connectivity index is 0.00000243. The predicted octanol–water partition coefficient (Wildman–Crippen LogP) is 3.99. The van der Waals surface area contributed by atoms with Crippen molar-refractivity contribution in [2.75, 3.05) is 13.6 Å². The van der Waals surface area contributed by atoms with Gasteiger partial charge in [0.2, 0.25) is 0 Å². The second-order valence-electron chi connectivity index (χ2n) is 6.65. The molecule has 3 rings (SSSR count). The minimum absolute atomic E-state index is 0. The zero-order chi connectivity index (χ0) is 17.8. The summed E-state index contributed by atoms with van der Waals surface area (Å²) in [6.07, 6.45) is 2.18. The van der Waals surface area contributed by atoms with E-state index in [1.165, 1.54) is 11.3 Å². The second-order valence-corrected chi connectivity index (χ2v) is 7.56. The number of aromatic nitrogens is 2. The second kappa shape index (κ2) is 9.73. The van der Waals surface area contributed by atoms with Crippen molar-refractivity contribution in [1.82, 2.24) is 20.4 Å². The maximum atomic E-state index is 4.49. The summed E-state index contributed by atoms with van der Waals surface area (Å²) < 4.78 is 3.19. The molecule has 1 aliphatic carbocycles. The molecule has 2 aromatic rings. The molecular formula is C19H27BrIN5. The maximum Gasteiger partial charge on any atom is 0.191 e. The molecule has 2 unspecified atom stereocenters. The number of rotatable bonds is 6. The summed E-state index contributed by atoms with van der Waals surface area (Å²) in [7, 11) is 1.83. The SMILES string of the molecule is CN=C(NCCCn1nc(C)cc1C)NC1CC1c1ccc(Br)cc1.I. The molecule has 0 amide bonds. The minimum atomic E-state index is 0. The lowest BCUT2D eigenvalue weighted by Crippen LogP contribution is -2.39. The van der Waals surface area contributed by atoms with E-state index in [1.807, 2.05) is 14.0 Å². The minimum Gasteiger partial charge on any atom is -0.356 e. The Labute approximate surface area is 181 Å². The number of benzene rings is 1. The zero-order valence-electron chi connectivity index (χ0n) is 15.5. The first-order chi connectivity index (χ1) is 12.1. The van der Waals surface area contributed by atoms with Crippen molar-refractivity contribution in [3.8, 4) is 0 Å². The highest BCUT2D eigenvalue weighted by Crippen LogP contribution is 2.40. The van der Waals surface area contributed by atoms with Crippen LogP contribution in [0.1, 0.15) is 35.7 Å². The molecule has 1 saturated carbocycles. The number of nitrogens with zero attached hydrogens (tertiary/aromatic N) is 3. The van der Waals surface area contributed by atoms with E-state index in [2.05, 4.69) is 78.6 Å². The van der Waals surface area contributed by atoms with E-state index in [4.69, 9.17) is 0 Å². The number of aryl methyl sites for hydroxylation is 3. The summed E-state index contributed by atoms with van der Waals surface area (Å²) in [5.41, 5.74) is 3.69. The van der Waals surface area contributed by atoms with Gasteiger partial charge in [-0.3, -0.25) is 9.67 Å². The van der Waals surface area contributed by atoms with E-state index in [1.54, 1.807) is 0 Å². The summed E-state index contributed by atoms with van der Waals surface area (Å²) in [6, 6.07) is 11.2. The summed E-state index contributed by atoms with van der Waals surface area (Å²) >= 11 is 3.49. The first-order valence-electron chi connectivity index (χ1n) is 8.80. The Morgan fingerprint density at radius 3 is 2.65 bits per heavy atom. The Hall–Kier alpha value is -1.09. The van der Waals surface area contributed by atoms with Gasteiger partial charge in [0.1, 0.15) is 0 Å². The third-order valence-corrected chi connectivity index (χ3v) is 5.11. The van der Waals surface area contributed by atoms with Gasteiger partial charge in [-0.15, -0.1) is 24.0 Å². The van der Waals surface area contributed by atoms with Crippen LogP contribution in [0, 0.1) is 13.8 Å². The number of halogens is 2. The van der Waals surface area contributed by atoms with E-state index in [9.17, 15) is 0 Å². The lowest BCUT2D eigenvalue weighted by atomic mass is 10.1. The molecule has 26 heavy (non-hydrogen) atoms. The molecule has 1 aromatic carbocycles. The van der Waals surface area contributed by atoms with Gasteiger partial charge < -0.3 is 10.6 Å². The van der Waals surface area contributed by atoms with E-state index in [-0.39, 0.29) is 24.0 Å². The van der Waals surface area contributed by atoms with Crippen LogP contribution in [-0.2, 0) is 6.54 Å². The summed E-state index contributed by atoms with van der Waals surface area (Å²) in [4.78, 5) is 4.34. The molecule has 1 fully saturated rings. The molecule has 0 saturated heterocycles. The van der Waals surface area contributed by atoms with Crippen LogP contribution in [0.4, 0.5) is 0 Å². The van der Waals surface area contributed by atoms with Gasteiger partial charge in [0.05, 0.1) is 5.69 Å². The monoisotopic (exact) mass is 531 g/mol. The van der Waals surface area contributed by atoms with Gasteiger partial charge in [0.25, 0.3) is 0 Å². The van der Waals surface area contributed by atoms with Gasteiger partial charge in [0.15, 0.2) is 5.96 Å². The quantitative estimate of drug-likeness (QED) is 0.256. The van der Waals surface area contributed by atoms with Crippen LogP contribution in [-0.4, -0.2) is 35.4 Å². The molecule has 1 aromatic heterocycles. The van der Waals surface area contributed by atoms with Crippen LogP contribution in [0.25, 0.3) is 0 Å². The van der Waals surface area contributed by atoms with Crippen molar-refractivity contribution < 1.29 is 0 Å². The van der Waals surface area contributed by atoms with Crippen LogP contribution < -0.4 is 10.6 Å². The Kier molecular flexibility index (Phi) is 7.94. The van der Waals surface area contributed by atoms with Gasteiger partial charge in [0, 0.05) is 42.3 Å². The number of hydrogen-bond donors (Lipinski definition) is 2. The smallest absolute Gasteiger partial charge is 0.191 e. The first kappa shape index (κ1) is 21.2. The van der Waals surface area contributed by atoms with Gasteiger partial charge in [-0.1, -0.05) is 28.1 Å². The fraction of sp³-hybridized carbons (Fsp3) is 0.474. The van der Waals surface area contributed by atoms with Gasteiger partial charge in [-0.05, 0) is 50.5 Å². The van der Waals surface area contributed by atoms with E-state index < -0.39 is 0 Å². The van der Waals surface area contributed by atoms with Gasteiger partial charge in [-0.25, -0.2) is 0 Å². The molecule has 0 bridgehead atoms. The van der Waals surface area contributed by atoms with E-state index >= 15 is 0 Å². The van der Waals surface area contributed by atoms with Crippen LogP contribution in [0.5, 0.6) is 0 Å². The number of nitrogens with one attached hydrogen (secondary N) is 2. The van der Waals surface area contributed by atoms with Crippen molar-refractivity contribution in [2.45, 2.75) is 45.2 Å².